The lowest BCUT2D eigenvalue weighted by Crippen LogP contribution is -2.40. The zero-order chi connectivity index (χ0) is 22.1. The highest BCUT2D eigenvalue weighted by atomic mass is 19.1. The predicted molar refractivity (Wildman–Crippen MR) is 114 cm³/mol. The lowest BCUT2D eigenvalue weighted by Gasteiger charge is -2.27. The van der Waals surface area contributed by atoms with Gasteiger partial charge in [0, 0.05) is 29.5 Å². The summed E-state index contributed by atoms with van der Waals surface area (Å²) in [4.78, 5) is 14.4. The smallest absolute Gasteiger partial charge is 0.255 e. The van der Waals surface area contributed by atoms with Gasteiger partial charge in [0.05, 0.1) is 23.5 Å². The van der Waals surface area contributed by atoms with Gasteiger partial charge in [0.25, 0.3) is 5.91 Å². The number of halogens is 2. The molecule has 160 valence electrons. The van der Waals surface area contributed by atoms with Crippen molar-refractivity contribution in [2.24, 2.45) is 0 Å². The number of likely N-dealkylation sites (tertiary alicyclic amines) is 1. The van der Waals surface area contributed by atoms with E-state index in [2.05, 4.69) is 17.0 Å². The van der Waals surface area contributed by atoms with Gasteiger partial charge in [-0.1, -0.05) is 6.58 Å². The van der Waals surface area contributed by atoms with Gasteiger partial charge in [0.1, 0.15) is 11.6 Å². The van der Waals surface area contributed by atoms with E-state index >= 15 is 0 Å². The SMILES string of the molecule is C=C(C=Cn1ncc(C(=O)NC(C)(C)C)c1C)N1CCCC1c1cc(F)ccc1F. The average molecular weight is 415 g/mol. The van der Waals surface area contributed by atoms with Gasteiger partial charge in [-0.3, -0.25) is 4.79 Å². The molecule has 1 fully saturated rings. The monoisotopic (exact) mass is 414 g/mol. The van der Waals surface area contributed by atoms with Gasteiger partial charge in [-0.15, -0.1) is 0 Å². The average Bonchev–Trinajstić information content (AvgIpc) is 3.27. The molecule has 3 rings (SSSR count). The number of nitrogens with one attached hydrogen (secondary N) is 1. The van der Waals surface area contributed by atoms with Crippen molar-refractivity contribution in [3.8, 4) is 0 Å². The molecule has 0 aliphatic carbocycles. The second kappa shape index (κ2) is 8.42. The van der Waals surface area contributed by atoms with E-state index in [4.69, 9.17) is 0 Å². The van der Waals surface area contributed by atoms with E-state index in [1.807, 2.05) is 32.6 Å². The normalized spacial score (nSPS) is 17.0. The number of benzene rings is 1. The van der Waals surface area contributed by atoms with Gasteiger partial charge >= 0.3 is 0 Å². The van der Waals surface area contributed by atoms with Crippen LogP contribution < -0.4 is 5.32 Å². The van der Waals surface area contributed by atoms with Gasteiger partial charge in [-0.25, -0.2) is 13.5 Å². The van der Waals surface area contributed by atoms with Crippen LogP contribution in [0, 0.1) is 18.6 Å². The summed E-state index contributed by atoms with van der Waals surface area (Å²) in [5, 5.41) is 7.19. The Hall–Kier alpha value is -2.96. The quantitative estimate of drug-likeness (QED) is 0.714. The van der Waals surface area contributed by atoms with Crippen LogP contribution >= 0.6 is 0 Å². The summed E-state index contributed by atoms with van der Waals surface area (Å²) in [7, 11) is 0. The molecule has 1 aromatic carbocycles. The van der Waals surface area contributed by atoms with Crippen LogP contribution in [0.5, 0.6) is 0 Å². The Morgan fingerprint density at radius 3 is 2.77 bits per heavy atom. The van der Waals surface area contributed by atoms with E-state index in [1.54, 1.807) is 17.0 Å². The fourth-order valence-corrected chi connectivity index (χ4v) is 3.66. The van der Waals surface area contributed by atoms with Crippen LogP contribution in [0.15, 0.2) is 42.7 Å². The summed E-state index contributed by atoms with van der Waals surface area (Å²) in [6, 6.07) is 3.29. The summed E-state index contributed by atoms with van der Waals surface area (Å²) in [6.07, 6.45) is 6.63. The molecule has 30 heavy (non-hydrogen) atoms. The molecule has 1 aromatic heterocycles. The molecule has 1 amide bonds. The van der Waals surface area contributed by atoms with Crippen molar-refractivity contribution in [2.45, 2.75) is 52.1 Å². The molecule has 0 radical (unpaired) electrons. The molecule has 2 aromatic rings. The Morgan fingerprint density at radius 1 is 1.33 bits per heavy atom. The largest absolute Gasteiger partial charge is 0.365 e. The fourth-order valence-electron chi connectivity index (χ4n) is 3.66. The van der Waals surface area contributed by atoms with E-state index in [-0.39, 0.29) is 17.5 Å². The summed E-state index contributed by atoms with van der Waals surface area (Å²) < 4.78 is 29.5. The van der Waals surface area contributed by atoms with Crippen LogP contribution in [0.25, 0.3) is 6.20 Å². The predicted octanol–water partition coefficient (Wildman–Crippen LogP) is 4.82. The molecule has 0 bridgehead atoms. The maximum absolute atomic E-state index is 14.3. The highest BCUT2D eigenvalue weighted by molar-refractivity contribution is 5.95. The summed E-state index contributed by atoms with van der Waals surface area (Å²) in [6.45, 7) is 12.4. The second-order valence-electron chi connectivity index (χ2n) is 8.62. The molecule has 0 saturated carbocycles. The zero-order valence-electron chi connectivity index (χ0n) is 17.9. The number of rotatable bonds is 5. The van der Waals surface area contributed by atoms with E-state index < -0.39 is 11.6 Å². The number of nitrogens with zero attached hydrogens (tertiary/aromatic N) is 3. The molecule has 2 heterocycles. The van der Waals surface area contributed by atoms with Gasteiger partial charge in [0.2, 0.25) is 0 Å². The van der Waals surface area contributed by atoms with E-state index in [9.17, 15) is 13.6 Å². The first-order valence-corrected chi connectivity index (χ1v) is 10.0. The van der Waals surface area contributed by atoms with Crippen molar-refractivity contribution in [3.63, 3.8) is 0 Å². The van der Waals surface area contributed by atoms with Crippen molar-refractivity contribution < 1.29 is 13.6 Å². The molecule has 1 aliphatic heterocycles. The maximum Gasteiger partial charge on any atom is 0.255 e. The minimum absolute atomic E-state index is 0.181. The van der Waals surface area contributed by atoms with Crippen molar-refractivity contribution in [2.75, 3.05) is 6.54 Å². The first kappa shape index (κ1) is 21.7. The van der Waals surface area contributed by atoms with Gasteiger partial charge in [-0.2, -0.15) is 5.10 Å². The Balaban J connectivity index is 1.76. The fraction of sp³-hybridized carbons (Fsp3) is 0.391. The third kappa shape index (κ3) is 4.78. The van der Waals surface area contributed by atoms with Crippen molar-refractivity contribution in [3.05, 3.63) is 71.2 Å². The summed E-state index contributed by atoms with van der Waals surface area (Å²) in [5.74, 6) is -1.05. The van der Waals surface area contributed by atoms with Crippen LogP contribution in [0.2, 0.25) is 0 Å². The Kier molecular flexibility index (Phi) is 6.10. The minimum atomic E-state index is -0.451. The van der Waals surface area contributed by atoms with Crippen LogP contribution in [0.4, 0.5) is 8.78 Å². The number of carbonyl (C=O) groups excluding carboxylic acids is 1. The standard InChI is InChI=1S/C23H28F2N4O/c1-15(28-11-6-7-21(28)18-13-17(24)8-9-20(18)25)10-12-29-16(2)19(14-26-29)22(30)27-23(3,4)5/h8-10,12-14,21H,1,6-7,11H2,2-5H3,(H,27,30). The van der Waals surface area contributed by atoms with Crippen LogP contribution in [0.1, 0.15) is 61.3 Å². The second-order valence-corrected chi connectivity index (χ2v) is 8.62. The zero-order valence-corrected chi connectivity index (χ0v) is 17.9. The number of carbonyl (C=O) groups is 1. The van der Waals surface area contributed by atoms with Gasteiger partial charge < -0.3 is 10.2 Å². The molecule has 1 saturated heterocycles. The maximum atomic E-state index is 14.3. The van der Waals surface area contributed by atoms with Crippen LogP contribution in [-0.4, -0.2) is 32.7 Å². The van der Waals surface area contributed by atoms with Gasteiger partial charge in [0.15, 0.2) is 0 Å². The van der Waals surface area contributed by atoms with E-state index in [0.29, 0.717) is 29.1 Å². The molecule has 1 unspecified atom stereocenters. The molecule has 5 nitrogen and oxygen atoms in total. The van der Waals surface area contributed by atoms with Gasteiger partial charge in [-0.05, 0) is 64.8 Å². The lowest BCUT2D eigenvalue weighted by atomic mass is 10.0. The number of hydrogen-bond acceptors (Lipinski definition) is 3. The Morgan fingerprint density at radius 2 is 2.07 bits per heavy atom. The topological polar surface area (TPSA) is 50.2 Å². The third-order valence-electron chi connectivity index (χ3n) is 5.12. The van der Waals surface area contributed by atoms with Crippen LogP contribution in [-0.2, 0) is 0 Å². The number of hydrogen-bond donors (Lipinski definition) is 1. The van der Waals surface area contributed by atoms with E-state index in [0.717, 1.165) is 25.0 Å². The summed E-state index contributed by atoms with van der Waals surface area (Å²) >= 11 is 0. The summed E-state index contributed by atoms with van der Waals surface area (Å²) in [5.41, 5.74) is 1.89. The molecule has 0 spiro atoms. The number of amides is 1. The Labute approximate surface area is 176 Å². The first-order chi connectivity index (χ1) is 14.1. The highest BCUT2D eigenvalue weighted by Crippen LogP contribution is 2.36. The van der Waals surface area contributed by atoms with Crippen molar-refractivity contribution in [1.29, 1.82) is 0 Å². The number of allylic oxidation sites excluding steroid dienone is 1. The molecule has 1 aliphatic rings. The minimum Gasteiger partial charge on any atom is -0.365 e. The lowest BCUT2D eigenvalue weighted by molar-refractivity contribution is 0.0919. The third-order valence-corrected chi connectivity index (χ3v) is 5.12. The molecule has 1 atom stereocenters. The first-order valence-electron chi connectivity index (χ1n) is 10.0. The number of aromatic nitrogens is 2. The van der Waals surface area contributed by atoms with Crippen LogP contribution in [0.3, 0.4) is 0 Å². The molecular formula is C23H28F2N4O. The van der Waals surface area contributed by atoms with Crippen molar-refractivity contribution in [1.82, 2.24) is 20.0 Å². The molecule has 1 N–H and O–H groups in total. The molecular weight excluding hydrogens is 386 g/mol. The van der Waals surface area contributed by atoms with E-state index in [1.165, 1.54) is 12.3 Å². The van der Waals surface area contributed by atoms with Crippen molar-refractivity contribution >= 4 is 12.1 Å². The molecule has 7 heteroatoms. The highest BCUT2D eigenvalue weighted by Gasteiger charge is 2.28. The Bertz CT molecular complexity index is 988.